The smallest absolute Gasteiger partial charge is 0.119 e. The Labute approximate surface area is 183 Å². The van der Waals surface area contributed by atoms with E-state index < -0.39 is 0 Å². The molecule has 162 valence electrons. The van der Waals surface area contributed by atoms with Gasteiger partial charge in [0.1, 0.15) is 11.5 Å². The molecule has 0 heterocycles. The van der Waals surface area contributed by atoms with Crippen molar-refractivity contribution in [2.45, 2.75) is 64.2 Å². The molecular weight excluding hydrogens is 368 g/mol. The van der Waals surface area contributed by atoms with Crippen LogP contribution in [0.25, 0.3) is 11.1 Å². The quantitative estimate of drug-likeness (QED) is 0.194. The number of hydrogen-bond donors (Lipinski definition) is 0. The van der Waals surface area contributed by atoms with Gasteiger partial charge in [0.05, 0.1) is 13.2 Å². The topological polar surface area (TPSA) is 18.5 Å². The number of unbranched alkanes of at least 4 members (excludes halogenated alkanes) is 8. The predicted molar refractivity (Wildman–Crippen MR) is 129 cm³/mol. The summed E-state index contributed by atoms with van der Waals surface area (Å²) >= 11 is 0. The van der Waals surface area contributed by atoms with Crippen LogP contribution < -0.4 is 9.47 Å². The summed E-state index contributed by atoms with van der Waals surface area (Å²) in [5.41, 5.74) is 2.39. The van der Waals surface area contributed by atoms with Crippen LogP contribution in [-0.4, -0.2) is 13.2 Å². The van der Waals surface area contributed by atoms with Crippen LogP contribution in [0.5, 0.6) is 11.5 Å². The van der Waals surface area contributed by atoms with Crippen LogP contribution in [0.3, 0.4) is 0 Å². The van der Waals surface area contributed by atoms with Crippen LogP contribution in [0, 0.1) is 0 Å². The highest BCUT2D eigenvalue weighted by atomic mass is 16.5. The lowest BCUT2D eigenvalue weighted by molar-refractivity contribution is 0.304. The van der Waals surface area contributed by atoms with E-state index in [2.05, 4.69) is 49.6 Å². The first kappa shape index (κ1) is 23.8. The molecular formula is C28H38O2. The molecule has 0 bridgehead atoms. The molecule has 2 aromatic rings. The largest absolute Gasteiger partial charge is 0.494 e. The summed E-state index contributed by atoms with van der Waals surface area (Å²) < 4.78 is 11.7. The standard InChI is InChI=1S/C28H38O2/c1-3-5-7-9-10-11-12-14-24-30-28-21-17-26(18-22-28)25-15-19-27(20-16-25)29-23-13-8-6-4-2/h3-4,15-22H,1-2,5-14,23-24H2. The maximum Gasteiger partial charge on any atom is 0.119 e. The molecule has 30 heavy (non-hydrogen) atoms. The molecule has 0 aliphatic rings. The predicted octanol–water partition coefficient (Wildman–Crippen LogP) is 8.38. The Morgan fingerprint density at radius 1 is 0.500 bits per heavy atom. The third kappa shape index (κ3) is 9.82. The molecule has 0 aromatic heterocycles. The zero-order chi connectivity index (χ0) is 21.3. The van der Waals surface area contributed by atoms with Crippen molar-refractivity contribution in [2.24, 2.45) is 0 Å². The van der Waals surface area contributed by atoms with E-state index in [9.17, 15) is 0 Å². The third-order valence-corrected chi connectivity index (χ3v) is 5.18. The van der Waals surface area contributed by atoms with Crippen LogP contribution in [0.4, 0.5) is 0 Å². The van der Waals surface area contributed by atoms with E-state index in [-0.39, 0.29) is 0 Å². The van der Waals surface area contributed by atoms with Crippen molar-refractivity contribution in [1.82, 2.24) is 0 Å². The summed E-state index contributed by atoms with van der Waals surface area (Å²) in [5, 5.41) is 0. The number of benzene rings is 2. The molecule has 2 nitrogen and oxygen atoms in total. The molecule has 0 N–H and O–H groups in total. The molecule has 2 rings (SSSR count). The van der Waals surface area contributed by atoms with Crippen LogP contribution in [0.15, 0.2) is 73.8 Å². The third-order valence-electron chi connectivity index (χ3n) is 5.18. The molecule has 0 spiro atoms. The van der Waals surface area contributed by atoms with Crippen molar-refractivity contribution in [3.63, 3.8) is 0 Å². The molecule has 0 radical (unpaired) electrons. The first-order valence-corrected chi connectivity index (χ1v) is 11.5. The normalized spacial score (nSPS) is 10.5. The van der Waals surface area contributed by atoms with Gasteiger partial charge in [-0.2, -0.15) is 0 Å². The molecule has 0 saturated carbocycles. The summed E-state index contributed by atoms with van der Waals surface area (Å²) in [6.45, 7) is 9.07. The number of ether oxygens (including phenoxy) is 2. The minimum Gasteiger partial charge on any atom is -0.494 e. The maximum absolute atomic E-state index is 5.89. The van der Waals surface area contributed by atoms with E-state index >= 15 is 0 Å². The minimum atomic E-state index is 0.758. The zero-order valence-corrected chi connectivity index (χ0v) is 18.5. The minimum absolute atomic E-state index is 0.758. The fraction of sp³-hybridized carbons (Fsp3) is 0.429. The fourth-order valence-corrected chi connectivity index (χ4v) is 3.36. The summed E-state index contributed by atoms with van der Waals surface area (Å²) in [7, 11) is 0. The van der Waals surface area contributed by atoms with Crippen molar-refractivity contribution in [2.75, 3.05) is 13.2 Å². The lowest BCUT2D eigenvalue weighted by Gasteiger charge is -2.09. The van der Waals surface area contributed by atoms with Gasteiger partial charge in [0.2, 0.25) is 0 Å². The van der Waals surface area contributed by atoms with Gasteiger partial charge in [0.15, 0.2) is 0 Å². The number of hydrogen-bond acceptors (Lipinski definition) is 2. The number of allylic oxidation sites excluding steroid dienone is 2. The van der Waals surface area contributed by atoms with Crippen LogP contribution >= 0.6 is 0 Å². The fourth-order valence-electron chi connectivity index (χ4n) is 3.36. The molecule has 2 aromatic carbocycles. The van der Waals surface area contributed by atoms with Crippen LogP contribution in [-0.2, 0) is 0 Å². The lowest BCUT2D eigenvalue weighted by atomic mass is 10.1. The average molecular weight is 407 g/mol. The van der Waals surface area contributed by atoms with Gasteiger partial charge in [-0.15, -0.1) is 13.2 Å². The average Bonchev–Trinajstić information content (AvgIpc) is 2.79. The van der Waals surface area contributed by atoms with Gasteiger partial charge in [-0.05, 0) is 73.9 Å². The molecule has 2 heteroatoms. The SMILES string of the molecule is C=CCCCCCCCCOc1ccc(-c2ccc(OCCCCC=C)cc2)cc1. The van der Waals surface area contributed by atoms with Crippen LogP contribution in [0.1, 0.15) is 64.2 Å². The summed E-state index contributed by atoms with van der Waals surface area (Å²) in [6, 6.07) is 16.7. The Morgan fingerprint density at radius 2 is 0.867 bits per heavy atom. The Balaban J connectivity index is 1.65. The Morgan fingerprint density at radius 3 is 1.33 bits per heavy atom. The van der Waals surface area contributed by atoms with Gasteiger partial charge in [-0.25, -0.2) is 0 Å². The van der Waals surface area contributed by atoms with E-state index in [0.717, 1.165) is 56.8 Å². The first-order chi connectivity index (χ1) is 14.8. The number of rotatable bonds is 17. The molecule has 0 saturated heterocycles. The van der Waals surface area contributed by atoms with Gasteiger partial charge >= 0.3 is 0 Å². The maximum atomic E-state index is 5.89. The second-order valence-corrected chi connectivity index (χ2v) is 7.73. The monoisotopic (exact) mass is 406 g/mol. The molecule has 0 aliphatic carbocycles. The molecule has 0 amide bonds. The zero-order valence-electron chi connectivity index (χ0n) is 18.5. The van der Waals surface area contributed by atoms with Gasteiger partial charge in [-0.3, -0.25) is 0 Å². The van der Waals surface area contributed by atoms with E-state index in [4.69, 9.17) is 9.47 Å². The highest BCUT2D eigenvalue weighted by Crippen LogP contribution is 2.25. The van der Waals surface area contributed by atoms with E-state index in [1.165, 1.54) is 43.2 Å². The highest BCUT2D eigenvalue weighted by molar-refractivity contribution is 5.64. The second kappa shape index (κ2) is 15.4. The van der Waals surface area contributed by atoms with E-state index in [0.29, 0.717) is 0 Å². The van der Waals surface area contributed by atoms with Crippen molar-refractivity contribution in [1.29, 1.82) is 0 Å². The van der Waals surface area contributed by atoms with E-state index in [1.54, 1.807) is 0 Å². The molecule has 0 aliphatic heterocycles. The van der Waals surface area contributed by atoms with Crippen molar-refractivity contribution in [3.05, 3.63) is 73.8 Å². The van der Waals surface area contributed by atoms with Gasteiger partial charge in [0, 0.05) is 0 Å². The van der Waals surface area contributed by atoms with E-state index in [1.807, 2.05) is 24.3 Å². The molecule has 0 fully saturated rings. The van der Waals surface area contributed by atoms with Gasteiger partial charge in [0.25, 0.3) is 0 Å². The summed E-state index contributed by atoms with van der Waals surface area (Å²) in [6.07, 6.45) is 15.9. The lowest BCUT2D eigenvalue weighted by Crippen LogP contribution is -1.97. The van der Waals surface area contributed by atoms with Crippen molar-refractivity contribution >= 4 is 0 Å². The van der Waals surface area contributed by atoms with Gasteiger partial charge in [-0.1, -0.05) is 62.1 Å². The van der Waals surface area contributed by atoms with Gasteiger partial charge < -0.3 is 9.47 Å². The first-order valence-electron chi connectivity index (χ1n) is 11.5. The Kier molecular flexibility index (Phi) is 12.2. The van der Waals surface area contributed by atoms with Crippen LogP contribution in [0.2, 0.25) is 0 Å². The second-order valence-electron chi connectivity index (χ2n) is 7.73. The summed E-state index contributed by atoms with van der Waals surface area (Å²) in [4.78, 5) is 0. The van der Waals surface area contributed by atoms with Crippen molar-refractivity contribution in [3.8, 4) is 22.6 Å². The highest BCUT2D eigenvalue weighted by Gasteiger charge is 2.01. The molecule has 0 unspecified atom stereocenters. The Bertz CT molecular complexity index is 700. The van der Waals surface area contributed by atoms with Crippen molar-refractivity contribution < 1.29 is 9.47 Å². The molecule has 0 atom stereocenters. The Hall–Kier alpha value is -2.48. The summed E-state index contributed by atoms with van der Waals surface area (Å²) in [5.74, 6) is 1.88.